The van der Waals surface area contributed by atoms with Gasteiger partial charge in [0.15, 0.2) is 5.76 Å². The van der Waals surface area contributed by atoms with Gasteiger partial charge >= 0.3 is 0 Å². The van der Waals surface area contributed by atoms with E-state index in [2.05, 4.69) is 33.9 Å². The van der Waals surface area contributed by atoms with Crippen molar-refractivity contribution in [3.8, 4) is 0 Å². The number of aryl methyl sites for hydroxylation is 1. The lowest BCUT2D eigenvalue weighted by Gasteiger charge is -2.17. The Morgan fingerprint density at radius 2 is 2.14 bits per heavy atom. The van der Waals surface area contributed by atoms with Crippen molar-refractivity contribution in [2.24, 2.45) is 0 Å². The monoisotopic (exact) mass is 302 g/mol. The second-order valence-electron chi connectivity index (χ2n) is 6.23. The molecule has 6 heteroatoms. The molecule has 1 aliphatic heterocycles. The fourth-order valence-electron chi connectivity index (χ4n) is 2.83. The van der Waals surface area contributed by atoms with E-state index in [-0.39, 0.29) is 5.56 Å². The van der Waals surface area contributed by atoms with E-state index >= 15 is 0 Å². The fourth-order valence-corrected chi connectivity index (χ4v) is 2.83. The topological polar surface area (TPSA) is 75.0 Å². The summed E-state index contributed by atoms with van der Waals surface area (Å²) in [6, 6.07) is 2.03. The van der Waals surface area contributed by atoms with Crippen molar-refractivity contribution in [3.05, 3.63) is 45.0 Å². The van der Waals surface area contributed by atoms with Gasteiger partial charge in [-0.25, -0.2) is 4.98 Å². The molecule has 2 aromatic heterocycles. The quantitative estimate of drug-likeness (QED) is 0.935. The first-order chi connectivity index (χ1) is 10.5. The highest BCUT2D eigenvalue weighted by Gasteiger charge is 2.19. The summed E-state index contributed by atoms with van der Waals surface area (Å²) in [6.07, 6.45) is 1.52. The normalized spacial score (nSPS) is 15.8. The molecule has 0 saturated heterocycles. The van der Waals surface area contributed by atoms with Crippen LogP contribution in [0, 0.1) is 6.92 Å². The molecule has 3 rings (SSSR count). The number of nitrogens with one attached hydrogen (secondary N) is 1. The highest BCUT2D eigenvalue weighted by Crippen LogP contribution is 2.17. The first-order valence-corrected chi connectivity index (χ1v) is 7.79. The van der Waals surface area contributed by atoms with Crippen LogP contribution < -0.4 is 5.56 Å². The summed E-state index contributed by atoms with van der Waals surface area (Å²) in [5.74, 6) is 1.94. The predicted molar refractivity (Wildman–Crippen MR) is 82.9 cm³/mol. The molecule has 0 bridgehead atoms. The van der Waals surface area contributed by atoms with Gasteiger partial charge in [0, 0.05) is 31.1 Å². The summed E-state index contributed by atoms with van der Waals surface area (Å²) in [7, 11) is 0. The van der Waals surface area contributed by atoms with Crippen molar-refractivity contribution in [2.45, 2.75) is 46.1 Å². The summed E-state index contributed by atoms with van der Waals surface area (Å²) < 4.78 is 5.41. The van der Waals surface area contributed by atoms with Gasteiger partial charge in [-0.05, 0) is 19.3 Å². The van der Waals surface area contributed by atoms with Crippen LogP contribution >= 0.6 is 0 Å². The number of hydrogen-bond donors (Lipinski definition) is 1. The van der Waals surface area contributed by atoms with E-state index in [0.717, 1.165) is 55.2 Å². The summed E-state index contributed by atoms with van der Waals surface area (Å²) in [5, 5.41) is 4.10. The Kier molecular flexibility index (Phi) is 4.11. The van der Waals surface area contributed by atoms with Crippen LogP contribution in [0.2, 0.25) is 0 Å². The molecule has 22 heavy (non-hydrogen) atoms. The Morgan fingerprint density at radius 3 is 2.86 bits per heavy atom. The molecule has 0 fully saturated rings. The van der Waals surface area contributed by atoms with Crippen LogP contribution in [0.15, 0.2) is 15.4 Å². The lowest BCUT2D eigenvalue weighted by atomic mass is 10.1. The molecular formula is C16H22N4O2. The molecule has 1 aliphatic rings. The van der Waals surface area contributed by atoms with Gasteiger partial charge in [-0.15, -0.1) is 0 Å². The third-order valence-electron chi connectivity index (χ3n) is 4.11. The predicted octanol–water partition coefficient (Wildman–Crippen LogP) is 1.79. The smallest absolute Gasteiger partial charge is 0.254 e. The van der Waals surface area contributed by atoms with Crippen LogP contribution in [0.4, 0.5) is 0 Å². The lowest BCUT2D eigenvalue weighted by Crippen LogP contribution is -2.26. The van der Waals surface area contributed by atoms with E-state index in [1.54, 1.807) is 0 Å². The maximum absolute atomic E-state index is 12.0. The minimum absolute atomic E-state index is 0.00566. The van der Waals surface area contributed by atoms with Gasteiger partial charge in [-0.1, -0.05) is 19.0 Å². The number of nitrogens with zero attached hydrogens (tertiary/aromatic N) is 3. The van der Waals surface area contributed by atoms with E-state index in [9.17, 15) is 4.79 Å². The van der Waals surface area contributed by atoms with E-state index in [4.69, 9.17) is 4.52 Å². The summed E-state index contributed by atoms with van der Waals surface area (Å²) in [4.78, 5) is 21.6. The van der Waals surface area contributed by atoms with Gasteiger partial charge in [0.1, 0.15) is 5.82 Å². The Morgan fingerprint density at radius 1 is 1.36 bits per heavy atom. The molecule has 0 amide bonds. The Hall–Kier alpha value is -1.95. The fraction of sp³-hybridized carbons (Fsp3) is 0.562. The first-order valence-electron chi connectivity index (χ1n) is 7.79. The molecule has 6 nitrogen and oxygen atoms in total. The van der Waals surface area contributed by atoms with Crippen LogP contribution in [0.1, 0.15) is 48.3 Å². The van der Waals surface area contributed by atoms with Crippen molar-refractivity contribution in [1.82, 2.24) is 20.0 Å². The third kappa shape index (κ3) is 3.11. The van der Waals surface area contributed by atoms with E-state index in [1.807, 2.05) is 13.0 Å². The highest BCUT2D eigenvalue weighted by atomic mass is 16.5. The molecule has 1 N–H and O–H groups in total. The number of aromatic nitrogens is 3. The van der Waals surface area contributed by atoms with E-state index in [1.165, 1.54) is 0 Å². The second-order valence-corrected chi connectivity index (χ2v) is 6.23. The van der Waals surface area contributed by atoms with Crippen LogP contribution in [-0.2, 0) is 19.4 Å². The average Bonchev–Trinajstić information content (AvgIpc) is 2.82. The largest absolute Gasteiger partial charge is 0.360 e. The molecule has 0 radical (unpaired) electrons. The zero-order valence-corrected chi connectivity index (χ0v) is 13.3. The van der Waals surface area contributed by atoms with Gasteiger partial charge in [-0.3, -0.25) is 9.69 Å². The number of hydrogen-bond acceptors (Lipinski definition) is 5. The Bertz CT molecular complexity index is 717. The van der Waals surface area contributed by atoms with Crippen LogP contribution in [-0.4, -0.2) is 33.1 Å². The molecule has 0 spiro atoms. The van der Waals surface area contributed by atoms with E-state index in [0.29, 0.717) is 11.7 Å². The zero-order valence-electron chi connectivity index (χ0n) is 13.3. The van der Waals surface area contributed by atoms with Crippen molar-refractivity contribution in [1.29, 1.82) is 0 Å². The summed E-state index contributed by atoms with van der Waals surface area (Å²) in [5.41, 5.74) is 2.76. The Labute approximate surface area is 129 Å². The second kappa shape index (κ2) is 6.04. The van der Waals surface area contributed by atoms with Crippen molar-refractivity contribution < 1.29 is 4.52 Å². The first kappa shape index (κ1) is 15.0. The van der Waals surface area contributed by atoms with Gasteiger partial charge in [-0.2, -0.15) is 0 Å². The molecule has 0 aromatic carbocycles. The molecule has 0 aliphatic carbocycles. The minimum atomic E-state index is 0.00566. The van der Waals surface area contributed by atoms with Crippen LogP contribution in [0.5, 0.6) is 0 Å². The maximum Gasteiger partial charge on any atom is 0.254 e. The molecule has 118 valence electrons. The minimum Gasteiger partial charge on any atom is -0.360 e. The van der Waals surface area contributed by atoms with Gasteiger partial charge in [0.05, 0.1) is 17.9 Å². The zero-order chi connectivity index (χ0) is 15.7. The highest BCUT2D eigenvalue weighted by molar-refractivity contribution is 5.20. The molecule has 2 aromatic rings. The van der Waals surface area contributed by atoms with Crippen molar-refractivity contribution >= 4 is 0 Å². The SMILES string of the molecule is Cc1nc2c(c(=O)[nH]1)CCN(Cc1cc(C(C)C)no1)CC2. The molecule has 3 heterocycles. The van der Waals surface area contributed by atoms with Crippen LogP contribution in [0.25, 0.3) is 0 Å². The van der Waals surface area contributed by atoms with Gasteiger partial charge < -0.3 is 9.51 Å². The van der Waals surface area contributed by atoms with Gasteiger partial charge in [0.2, 0.25) is 0 Å². The van der Waals surface area contributed by atoms with Gasteiger partial charge in [0.25, 0.3) is 5.56 Å². The standard InChI is InChI=1S/C16H22N4O2/c1-10(2)15-8-12(22-19-15)9-20-6-4-13-14(5-7-20)17-11(3)18-16(13)21/h8,10H,4-7,9H2,1-3H3,(H,17,18,21). The number of H-pyrrole nitrogens is 1. The summed E-state index contributed by atoms with van der Waals surface area (Å²) >= 11 is 0. The number of aromatic amines is 1. The number of rotatable bonds is 3. The van der Waals surface area contributed by atoms with E-state index < -0.39 is 0 Å². The van der Waals surface area contributed by atoms with Crippen molar-refractivity contribution in [2.75, 3.05) is 13.1 Å². The molecule has 0 saturated carbocycles. The van der Waals surface area contributed by atoms with Crippen LogP contribution in [0.3, 0.4) is 0 Å². The maximum atomic E-state index is 12.0. The molecular weight excluding hydrogens is 280 g/mol. The number of fused-ring (bicyclic) bond motifs is 1. The molecule has 0 atom stereocenters. The lowest BCUT2D eigenvalue weighted by molar-refractivity contribution is 0.239. The Balaban J connectivity index is 1.71. The molecule has 0 unspecified atom stereocenters. The average molecular weight is 302 g/mol. The van der Waals surface area contributed by atoms with Crippen molar-refractivity contribution in [3.63, 3.8) is 0 Å². The summed E-state index contributed by atoms with van der Waals surface area (Å²) in [6.45, 7) is 8.46. The third-order valence-corrected chi connectivity index (χ3v) is 4.11.